The first-order valence-corrected chi connectivity index (χ1v) is 4.71. The molecular formula is C11H16N2O. The first-order valence-electron chi connectivity index (χ1n) is 4.71. The topological polar surface area (TPSA) is 32.3 Å². The zero-order chi connectivity index (χ0) is 10.4. The summed E-state index contributed by atoms with van der Waals surface area (Å²) >= 11 is 0. The van der Waals surface area contributed by atoms with Crippen LogP contribution in [0.5, 0.6) is 0 Å². The second kappa shape index (κ2) is 5.27. The summed E-state index contributed by atoms with van der Waals surface area (Å²) in [4.78, 5) is 13.1. The van der Waals surface area contributed by atoms with Gasteiger partial charge in [0.15, 0.2) is 0 Å². The number of benzene rings is 1. The molecule has 0 radical (unpaired) electrons. The molecule has 3 nitrogen and oxygen atoms in total. The monoisotopic (exact) mass is 192 g/mol. The van der Waals surface area contributed by atoms with Crippen LogP contribution in [0.25, 0.3) is 0 Å². The van der Waals surface area contributed by atoms with E-state index in [0.717, 1.165) is 12.2 Å². The van der Waals surface area contributed by atoms with E-state index in [0.29, 0.717) is 6.42 Å². The summed E-state index contributed by atoms with van der Waals surface area (Å²) in [6, 6.07) is 10.0. The lowest BCUT2D eigenvalue weighted by atomic mass is 10.3. The Morgan fingerprint density at radius 1 is 1.36 bits per heavy atom. The smallest absolute Gasteiger partial charge is 0.221 e. The Balaban J connectivity index is 2.43. The molecule has 1 aromatic rings. The van der Waals surface area contributed by atoms with E-state index in [4.69, 9.17) is 0 Å². The van der Waals surface area contributed by atoms with Crippen molar-refractivity contribution in [3.8, 4) is 0 Å². The molecule has 0 heterocycles. The van der Waals surface area contributed by atoms with E-state index in [-0.39, 0.29) is 5.91 Å². The van der Waals surface area contributed by atoms with Crippen molar-refractivity contribution in [2.24, 2.45) is 0 Å². The Morgan fingerprint density at radius 2 is 2.00 bits per heavy atom. The van der Waals surface area contributed by atoms with Crippen LogP contribution in [0.3, 0.4) is 0 Å². The van der Waals surface area contributed by atoms with E-state index in [9.17, 15) is 4.79 Å². The zero-order valence-corrected chi connectivity index (χ0v) is 8.66. The van der Waals surface area contributed by atoms with Crippen LogP contribution in [-0.2, 0) is 4.79 Å². The Morgan fingerprint density at radius 3 is 2.57 bits per heavy atom. The molecular weight excluding hydrogens is 176 g/mol. The largest absolute Gasteiger partial charge is 0.374 e. The molecule has 0 saturated carbocycles. The molecule has 0 atom stereocenters. The van der Waals surface area contributed by atoms with E-state index in [1.54, 1.807) is 7.05 Å². The van der Waals surface area contributed by atoms with E-state index < -0.39 is 0 Å². The summed E-state index contributed by atoms with van der Waals surface area (Å²) in [7, 11) is 3.64. The van der Waals surface area contributed by atoms with Crippen molar-refractivity contribution in [1.29, 1.82) is 0 Å². The van der Waals surface area contributed by atoms with Crippen molar-refractivity contribution in [2.75, 3.05) is 25.5 Å². The predicted octanol–water partition coefficient (Wildman–Crippen LogP) is 1.26. The number of carbonyl (C=O) groups is 1. The summed E-state index contributed by atoms with van der Waals surface area (Å²) in [6.07, 6.45) is 0.530. The van der Waals surface area contributed by atoms with Crippen LogP contribution >= 0.6 is 0 Å². The molecule has 0 aliphatic carbocycles. The third kappa shape index (κ3) is 3.09. The van der Waals surface area contributed by atoms with Gasteiger partial charge in [0.05, 0.1) is 0 Å². The van der Waals surface area contributed by atoms with Crippen molar-refractivity contribution in [3.63, 3.8) is 0 Å². The fourth-order valence-corrected chi connectivity index (χ4v) is 1.21. The van der Waals surface area contributed by atoms with Gasteiger partial charge in [-0.15, -0.1) is 0 Å². The fraction of sp³-hybridized carbons (Fsp3) is 0.364. The number of rotatable bonds is 4. The van der Waals surface area contributed by atoms with Crippen molar-refractivity contribution < 1.29 is 4.79 Å². The van der Waals surface area contributed by atoms with Gasteiger partial charge in [-0.1, -0.05) is 18.2 Å². The van der Waals surface area contributed by atoms with Crippen LogP contribution in [0.4, 0.5) is 5.69 Å². The summed E-state index contributed by atoms with van der Waals surface area (Å²) in [5, 5.41) is 2.61. The summed E-state index contributed by atoms with van der Waals surface area (Å²) in [6.45, 7) is 0.740. The Hall–Kier alpha value is -1.51. The minimum absolute atomic E-state index is 0.0766. The second-order valence-electron chi connectivity index (χ2n) is 3.18. The maximum Gasteiger partial charge on any atom is 0.221 e. The standard InChI is InChI=1S/C11H16N2O/c1-12-11(14)8-9-13(2)10-6-4-3-5-7-10/h3-7H,8-9H2,1-2H3,(H,12,14). The van der Waals surface area contributed by atoms with Crippen LogP contribution in [0.15, 0.2) is 30.3 Å². The Kier molecular flexibility index (Phi) is 3.98. The molecule has 1 N–H and O–H groups in total. The van der Waals surface area contributed by atoms with Crippen LogP contribution in [0.2, 0.25) is 0 Å². The molecule has 0 saturated heterocycles. The maximum atomic E-state index is 11.0. The molecule has 76 valence electrons. The number of carbonyl (C=O) groups excluding carboxylic acids is 1. The maximum absolute atomic E-state index is 11.0. The SMILES string of the molecule is CNC(=O)CCN(C)c1ccccc1. The normalized spacial score (nSPS) is 9.57. The number of anilines is 1. The number of nitrogens with zero attached hydrogens (tertiary/aromatic N) is 1. The van der Waals surface area contributed by atoms with Gasteiger partial charge in [-0.2, -0.15) is 0 Å². The van der Waals surface area contributed by atoms with Gasteiger partial charge in [0, 0.05) is 32.7 Å². The fourth-order valence-electron chi connectivity index (χ4n) is 1.21. The lowest BCUT2D eigenvalue weighted by Gasteiger charge is -2.18. The quantitative estimate of drug-likeness (QED) is 0.779. The lowest BCUT2D eigenvalue weighted by Crippen LogP contribution is -2.26. The third-order valence-corrected chi connectivity index (χ3v) is 2.15. The van der Waals surface area contributed by atoms with Gasteiger partial charge in [0.1, 0.15) is 0 Å². The van der Waals surface area contributed by atoms with Gasteiger partial charge in [-0.3, -0.25) is 4.79 Å². The highest BCUT2D eigenvalue weighted by molar-refractivity contribution is 5.76. The molecule has 0 bridgehead atoms. The minimum atomic E-state index is 0.0766. The number of amides is 1. The highest BCUT2D eigenvalue weighted by Crippen LogP contribution is 2.10. The van der Waals surface area contributed by atoms with Crippen LogP contribution < -0.4 is 10.2 Å². The van der Waals surface area contributed by atoms with E-state index in [1.807, 2.05) is 37.4 Å². The van der Waals surface area contributed by atoms with Gasteiger partial charge in [0.25, 0.3) is 0 Å². The van der Waals surface area contributed by atoms with E-state index >= 15 is 0 Å². The molecule has 0 fully saturated rings. The second-order valence-corrected chi connectivity index (χ2v) is 3.18. The van der Waals surface area contributed by atoms with Crippen molar-refractivity contribution in [2.45, 2.75) is 6.42 Å². The van der Waals surface area contributed by atoms with Gasteiger partial charge >= 0.3 is 0 Å². The molecule has 0 aliphatic rings. The molecule has 1 aromatic carbocycles. The first-order chi connectivity index (χ1) is 6.74. The van der Waals surface area contributed by atoms with Gasteiger partial charge in [-0.25, -0.2) is 0 Å². The van der Waals surface area contributed by atoms with Crippen LogP contribution in [-0.4, -0.2) is 26.5 Å². The number of hydrogen-bond acceptors (Lipinski definition) is 2. The molecule has 0 aromatic heterocycles. The molecule has 0 spiro atoms. The average Bonchev–Trinajstić information content (AvgIpc) is 2.26. The zero-order valence-electron chi connectivity index (χ0n) is 8.66. The number of para-hydroxylation sites is 1. The third-order valence-electron chi connectivity index (χ3n) is 2.15. The lowest BCUT2D eigenvalue weighted by molar-refractivity contribution is -0.120. The highest BCUT2D eigenvalue weighted by atomic mass is 16.1. The van der Waals surface area contributed by atoms with Crippen molar-refractivity contribution in [1.82, 2.24) is 5.32 Å². The van der Waals surface area contributed by atoms with Gasteiger partial charge in [-0.05, 0) is 12.1 Å². The number of nitrogens with one attached hydrogen (secondary N) is 1. The molecule has 0 unspecified atom stereocenters. The van der Waals surface area contributed by atoms with E-state index in [2.05, 4.69) is 10.2 Å². The summed E-state index contributed by atoms with van der Waals surface area (Å²) in [5.41, 5.74) is 1.14. The van der Waals surface area contributed by atoms with Gasteiger partial charge < -0.3 is 10.2 Å². The highest BCUT2D eigenvalue weighted by Gasteiger charge is 2.02. The molecule has 1 amide bonds. The van der Waals surface area contributed by atoms with Crippen LogP contribution in [0, 0.1) is 0 Å². The molecule has 3 heteroatoms. The van der Waals surface area contributed by atoms with Crippen LogP contribution in [0.1, 0.15) is 6.42 Å². The predicted molar refractivity (Wildman–Crippen MR) is 58.4 cm³/mol. The molecule has 1 rings (SSSR count). The molecule has 14 heavy (non-hydrogen) atoms. The summed E-state index contributed by atoms with van der Waals surface area (Å²) in [5.74, 6) is 0.0766. The molecule has 0 aliphatic heterocycles. The number of hydrogen-bond donors (Lipinski definition) is 1. The van der Waals surface area contributed by atoms with Crippen molar-refractivity contribution in [3.05, 3.63) is 30.3 Å². The minimum Gasteiger partial charge on any atom is -0.374 e. The van der Waals surface area contributed by atoms with E-state index in [1.165, 1.54) is 0 Å². The Bertz CT molecular complexity index is 285. The van der Waals surface area contributed by atoms with Crippen molar-refractivity contribution >= 4 is 11.6 Å². The summed E-state index contributed by atoms with van der Waals surface area (Å²) < 4.78 is 0. The average molecular weight is 192 g/mol. The first kappa shape index (κ1) is 10.6. The van der Waals surface area contributed by atoms with Gasteiger partial charge in [0.2, 0.25) is 5.91 Å². The Labute approximate surface area is 84.7 Å².